The number of pyridine rings is 1. The number of nitrogens with zero attached hydrogens (tertiary/aromatic N) is 5. The van der Waals surface area contributed by atoms with Crippen LogP contribution in [-0.2, 0) is 23.3 Å². The molecule has 0 radical (unpaired) electrons. The molecule has 2 amide bonds. The van der Waals surface area contributed by atoms with Crippen LogP contribution in [0.25, 0.3) is 10.2 Å². The van der Waals surface area contributed by atoms with E-state index in [1.807, 2.05) is 25.7 Å². The molecular weight excluding hydrogens is 502 g/mol. The molecule has 1 fully saturated rings. The molecule has 2 aliphatic heterocycles. The van der Waals surface area contributed by atoms with Crippen LogP contribution in [0.3, 0.4) is 0 Å². The summed E-state index contributed by atoms with van der Waals surface area (Å²) in [4.78, 5) is 54.6. The number of carbonyl (C=O) groups is 2. The third-order valence-electron chi connectivity index (χ3n) is 8.24. The van der Waals surface area contributed by atoms with Gasteiger partial charge in [0.05, 0.1) is 5.39 Å². The van der Waals surface area contributed by atoms with Crippen LogP contribution in [0.15, 0.2) is 17.2 Å². The minimum Gasteiger partial charge on any atom is -0.341 e. The van der Waals surface area contributed by atoms with Crippen LogP contribution < -0.4 is 16.2 Å². The summed E-state index contributed by atoms with van der Waals surface area (Å²) < 4.78 is 1.52. The highest BCUT2D eigenvalue weighted by atomic mass is 32.1. The average Bonchev–Trinajstić information content (AvgIpc) is 3.55. The number of fused-ring (bicyclic) bond motifs is 4. The highest BCUT2D eigenvalue weighted by molar-refractivity contribution is 7.19. The molecule has 38 heavy (non-hydrogen) atoms. The highest BCUT2D eigenvalue weighted by Crippen LogP contribution is 2.41. The number of aryl methyl sites for hydroxylation is 2. The van der Waals surface area contributed by atoms with Gasteiger partial charge in [-0.1, -0.05) is 0 Å². The topological polar surface area (TPSA) is 112 Å². The number of anilines is 2. The van der Waals surface area contributed by atoms with Crippen molar-refractivity contribution in [3.8, 4) is 0 Å². The average molecular weight is 536 g/mol. The lowest BCUT2D eigenvalue weighted by Gasteiger charge is -2.27. The fourth-order valence-electron chi connectivity index (χ4n) is 6.21. The third kappa shape index (κ3) is 3.90. The van der Waals surface area contributed by atoms with Gasteiger partial charge in [0.2, 0.25) is 5.91 Å². The van der Waals surface area contributed by atoms with Gasteiger partial charge in [0, 0.05) is 29.9 Å². The number of likely N-dealkylation sites (tertiary alicyclic amines) is 1. The number of thiophene rings is 1. The Morgan fingerprint density at radius 1 is 1.24 bits per heavy atom. The quantitative estimate of drug-likeness (QED) is 0.528. The smallest absolute Gasteiger partial charge is 0.276 e. The zero-order valence-electron chi connectivity index (χ0n) is 22.4. The Bertz CT molecular complexity index is 1540. The molecule has 0 spiro atoms. The first-order chi connectivity index (χ1) is 18.0. The van der Waals surface area contributed by atoms with Gasteiger partial charge in [-0.15, -0.1) is 11.3 Å². The summed E-state index contributed by atoms with van der Waals surface area (Å²) in [7, 11) is 4.15. The maximum Gasteiger partial charge on any atom is 0.276 e. The summed E-state index contributed by atoms with van der Waals surface area (Å²) in [5, 5.41) is 7.07. The Morgan fingerprint density at radius 2 is 2.03 bits per heavy atom. The summed E-state index contributed by atoms with van der Waals surface area (Å²) in [5.41, 5.74) is 1.53. The molecule has 2 N–H and O–H groups in total. The Labute approximate surface area is 225 Å². The second kappa shape index (κ2) is 8.88. The van der Waals surface area contributed by atoms with Crippen molar-refractivity contribution in [2.45, 2.75) is 58.2 Å². The van der Waals surface area contributed by atoms with E-state index in [0.29, 0.717) is 35.2 Å². The Morgan fingerprint density at radius 3 is 2.76 bits per heavy atom. The second-order valence-corrected chi connectivity index (χ2v) is 12.5. The van der Waals surface area contributed by atoms with E-state index >= 15 is 0 Å². The molecule has 6 rings (SSSR count). The first-order valence-electron chi connectivity index (χ1n) is 13.1. The molecule has 2 atom stereocenters. The van der Waals surface area contributed by atoms with E-state index in [2.05, 4.69) is 39.6 Å². The molecule has 1 unspecified atom stereocenters. The molecule has 1 aliphatic carbocycles. The van der Waals surface area contributed by atoms with Crippen LogP contribution in [0, 0.1) is 12.8 Å². The molecule has 3 aromatic rings. The number of likely N-dealkylation sites (N-methyl/N-ethyl adjacent to an activating group) is 1. The molecular formula is C27H33N7O3S. The van der Waals surface area contributed by atoms with Crippen LogP contribution in [0.4, 0.5) is 11.5 Å². The van der Waals surface area contributed by atoms with E-state index in [-0.39, 0.29) is 23.3 Å². The van der Waals surface area contributed by atoms with Gasteiger partial charge in [0.15, 0.2) is 0 Å². The van der Waals surface area contributed by atoms with E-state index in [9.17, 15) is 14.4 Å². The minimum absolute atomic E-state index is 0.0166. The summed E-state index contributed by atoms with van der Waals surface area (Å²) in [6, 6.07) is 2.14. The predicted octanol–water partition coefficient (Wildman–Crippen LogP) is 2.61. The first-order valence-corrected chi connectivity index (χ1v) is 13.9. The van der Waals surface area contributed by atoms with Gasteiger partial charge in [0.25, 0.3) is 11.5 Å². The standard InChI is InChI=1S/C27H33N7O3S/c1-14-10-18(26(37)34-21(14)23(35)31-27(34,2)3)30-22-20-17-7-6-15(11-19(17)38-24(20)29-13-28-22)25(36)33-9-8-16(12-33)32(4)5/h10,13,15-16H,6-9,11-12H2,1-5H3,(H,31,35)(H,28,29,30)/t15-,16?/m0/s1. The zero-order chi connectivity index (χ0) is 26.9. The number of amides is 2. The van der Waals surface area contributed by atoms with Crippen LogP contribution in [0.1, 0.15) is 53.2 Å². The maximum absolute atomic E-state index is 13.5. The predicted molar refractivity (Wildman–Crippen MR) is 147 cm³/mol. The number of nitrogens with one attached hydrogen (secondary N) is 2. The van der Waals surface area contributed by atoms with Crippen molar-refractivity contribution < 1.29 is 9.59 Å². The second-order valence-electron chi connectivity index (χ2n) is 11.4. The van der Waals surface area contributed by atoms with E-state index in [4.69, 9.17) is 0 Å². The molecule has 11 heteroatoms. The number of hydrogen-bond acceptors (Lipinski definition) is 8. The molecule has 3 aromatic heterocycles. The molecule has 5 heterocycles. The van der Waals surface area contributed by atoms with Crippen molar-refractivity contribution in [1.29, 1.82) is 0 Å². The lowest BCUT2D eigenvalue weighted by atomic mass is 9.87. The van der Waals surface area contributed by atoms with Gasteiger partial charge in [0.1, 0.15) is 34.0 Å². The molecule has 1 saturated heterocycles. The first kappa shape index (κ1) is 25.0. The van der Waals surface area contributed by atoms with Crippen LogP contribution in [0.5, 0.6) is 0 Å². The highest BCUT2D eigenvalue weighted by Gasteiger charge is 2.38. The fraction of sp³-hybridized carbons (Fsp3) is 0.519. The summed E-state index contributed by atoms with van der Waals surface area (Å²) in [6.07, 6.45) is 4.80. The van der Waals surface area contributed by atoms with E-state index in [1.165, 1.54) is 21.3 Å². The van der Waals surface area contributed by atoms with Crippen LogP contribution >= 0.6 is 11.3 Å². The lowest BCUT2D eigenvalue weighted by Crippen LogP contribution is -2.42. The Kier molecular flexibility index (Phi) is 5.84. The zero-order valence-corrected chi connectivity index (χ0v) is 23.2. The molecule has 3 aliphatic rings. The van der Waals surface area contributed by atoms with Crippen LogP contribution in [-0.4, -0.2) is 69.4 Å². The van der Waals surface area contributed by atoms with Gasteiger partial charge < -0.3 is 20.4 Å². The number of rotatable bonds is 4. The van der Waals surface area contributed by atoms with Gasteiger partial charge in [-0.3, -0.25) is 19.0 Å². The summed E-state index contributed by atoms with van der Waals surface area (Å²) >= 11 is 1.61. The number of aromatic nitrogens is 3. The number of carbonyl (C=O) groups excluding carboxylic acids is 2. The van der Waals surface area contributed by atoms with Crippen molar-refractivity contribution in [1.82, 2.24) is 29.7 Å². The van der Waals surface area contributed by atoms with Gasteiger partial charge in [-0.2, -0.15) is 0 Å². The van der Waals surface area contributed by atoms with E-state index in [1.54, 1.807) is 17.4 Å². The van der Waals surface area contributed by atoms with Gasteiger partial charge in [-0.25, -0.2) is 9.97 Å². The minimum atomic E-state index is -0.821. The lowest BCUT2D eigenvalue weighted by molar-refractivity contribution is -0.134. The normalized spacial score (nSPS) is 22.1. The SMILES string of the molecule is Cc1cc(Nc2ncnc3sc4c(c23)CC[C@H](C(=O)N2CCC(N(C)C)C2)C4)c(=O)n2c1C(=O)NC2(C)C. The van der Waals surface area contributed by atoms with Crippen molar-refractivity contribution in [2.75, 3.05) is 32.5 Å². The summed E-state index contributed by atoms with van der Waals surface area (Å²) in [5.74, 6) is 0.576. The molecule has 0 saturated carbocycles. The van der Waals surface area contributed by atoms with Crippen molar-refractivity contribution in [3.05, 3.63) is 44.4 Å². The van der Waals surface area contributed by atoms with Gasteiger partial charge in [-0.05, 0) is 77.7 Å². The fourth-order valence-corrected chi connectivity index (χ4v) is 7.47. The monoisotopic (exact) mass is 535 g/mol. The number of hydrogen-bond donors (Lipinski definition) is 2. The molecule has 0 aromatic carbocycles. The third-order valence-corrected chi connectivity index (χ3v) is 9.40. The van der Waals surface area contributed by atoms with E-state index in [0.717, 1.165) is 42.6 Å². The van der Waals surface area contributed by atoms with Crippen molar-refractivity contribution in [2.24, 2.45) is 5.92 Å². The summed E-state index contributed by atoms with van der Waals surface area (Å²) in [6.45, 7) is 7.08. The Balaban J connectivity index is 1.31. The van der Waals surface area contributed by atoms with Gasteiger partial charge >= 0.3 is 0 Å². The molecule has 10 nitrogen and oxygen atoms in total. The maximum atomic E-state index is 13.5. The molecule has 0 bridgehead atoms. The van der Waals surface area contributed by atoms with Crippen LogP contribution in [0.2, 0.25) is 0 Å². The Hall–Kier alpha value is -3.31. The molecule has 200 valence electrons. The van der Waals surface area contributed by atoms with Crippen molar-refractivity contribution >= 4 is 44.9 Å². The van der Waals surface area contributed by atoms with E-state index < -0.39 is 5.66 Å². The van der Waals surface area contributed by atoms with Crippen molar-refractivity contribution in [3.63, 3.8) is 0 Å². The largest absolute Gasteiger partial charge is 0.341 e.